The average molecular weight is 297 g/mol. The first-order chi connectivity index (χ1) is 10.3. The maximum absolute atomic E-state index is 12.5. The average Bonchev–Trinajstić information content (AvgIpc) is 3.24. The predicted molar refractivity (Wildman–Crippen MR) is 77.6 cm³/mol. The summed E-state index contributed by atoms with van der Waals surface area (Å²) in [6.45, 7) is 1.10. The first-order valence-corrected chi connectivity index (χ1v) is 7.42. The molecule has 4 heterocycles. The summed E-state index contributed by atoms with van der Waals surface area (Å²) in [7, 11) is 0. The van der Waals surface area contributed by atoms with Gasteiger partial charge in [-0.05, 0) is 23.1 Å². The van der Waals surface area contributed by atoms with Crippen molar-refractivity contribution in [1.82, 2.24) is 15.0 Å². The highest BCUT2D eigenvalue weighted by atomic mass is 32.1. The van der Waals surface area contributed by atoms with Gasteiger partial charge in [-0.25, -0.2) is 0 Å². The molecule has 21 heavy (non-hydrogen) atoms. The maximum Gasteiger partial charge on any atom is 0.276 e. The Morgan fingerprint density at radius 2 is 2.24 bits per heavy atom. The molecular weight excluding hydrogens is 286 g/mol. The molecule has 1 aliphatic heterocycles. The summed E-state index contributed by atoms with van der Waals surface area (Å²) in [5.41, 5.74) is 2.38. The smallest absolute Gasteiger partial charge is 0.276 e. The van der Waals surface area contributed by atoms with Gasteiger partial charge in [-0.1, -0.05) is 17.3 Å². The Kier molecular flexibility index (Phi) is 2.82. The molecule has 3 aromatic heterocycles. The summed E-state index contributed by atoms with van der Waals surface area (Å²) < 4.78 is 5.26. The van der Waals surface area contributed by atoms with Gasteiger partial charge in [0.05, 0.1) is 17.1 Å². The Hall–Kier alpha value is -2.47. The van der Waals surface area contributed by atoms with Crippen LogP contribution in [0.5, 0.6) is 0 Å². The highest BCUT2D eigenvalue weighted by Crippen LogP contribution is 2.27. The van der Waals surface area contributed by atoms with Crippen molar-refractivity contribution in [2.24, 2.45) is 0 Å². The predicted octanol–water partition coefficient (Wildman–Crippen LogP) is 2.95. The normalized spacial score (nSPS) is 13.4. The lowest BCUT2D eigenvalue weighted by atomic mass is 10.2. The molecule has 3 aromatic rings. The van der Waals surface area contributed by atoms with Crippen molar-refractivity contribution in [3.8, 4) is 10.6 Å². The van der Waals surface area contributed by atoms with Crippen molar-refractivity contribution in [2.75, 3.05) is 0 Å². The van der Waals surface area contributed by atoms with Crippen LogP contribution in [0.25, 0.3) is 10.6 Å². The van der Waals surface area contributed by atoms with Crippen molar-refractivity contribution in [3.63, 3.8) is 0 Å². The van der Waals surface area contributed by atoms with E-state index in [9.17, 15) is 4.79 Å². The Balaban J connectivity index is 1.57. The van der Waals surface area contributed by atoms with Crippen LogP contribution in [0.2, 0.25) is 0 Å². The number of hydrogen-bond donors (Lipinski definition) is 0. The van der Waals surface area contributed by atoms with E-state index in [0.29, 0.717) is 24.5 Å². The highest BCUT2D eigenvalue weighted by Gasteiger charge is 2.27. The van der Waals surface area contributed by atoms with Gasteiger partial charge in [0.2, 0.25) is 0 Å². The van der Waals surface area contributed by atoms with E-state index in [1.165, 1.54) is 0 Å². The summed E-state index contributed by atoms with van der Waals surface area (Å²) in [4.78, 5) is 19.5. The standard InChI is InChI=1S/C15H11N3O2S/c19-15(18-8-10-3-1-5-16-12(10)9-18)11-7-13(20-17-11)14-4-2-6-21-14/h1-7H,8-9H2. The van der Waals surface area contributed by atoms with E-state index in [4.69, 9.17) is 4.52 Å². The Morgan fingerprint density at radius 1 is 1.29 bits per heavy atom. The van der Waals surface area contributed by atoms with Gasteiger partial charge < -0.3 is 9.42 Å². The first-order valence-electron chi connectivity index (χ1n) is 6.54. The molecule has 5 nitrogen and oxygen atoms in total. The fourth-order valence-corrected chi connectivity index (χ4v) is 3.09. The van der Waals surface area contributed by atoms with Crippen molar-refractivity contribution in [1.29, 1.82) is 0 Å². The van der Waals surface area contributed by atoms with E-state index in [0.717, 1.165) is 16.1 Å². The van der Waals surface area contributed by atoms with Crippen LogP contribution in [-0.2, 0) is 13.1 Å². The lowest BCUT2D eigenvalue weighted by Crippen LogP contribution is -2.25. The maximum atomic E-state index is 12.5. The summed E-state index contributed by atoms with van der Waals surface area (Å²) in [6, 6.07) is 9.46. The molecule has 1 aliphatic rings. The molecule has 0 atom stereocenters. The molecule has 6 heteroatoms. The lowest BCUT2D eigenvalue weighted by molar-refractivity contribution is 0.0740. The van der Waals surface area contributed by atoms with Crippen LogP contribution in [0.1, 0.15) is 21.7 Å². The second-order valence-corrected chi connectivity index (χ2v) is 5.77. The third-order valence-electron chi connectivity index (χ3n) is 3.47. The van der Waals surface area contributed by atoms with E-state index < -0.39 is 0 Å². The van der Waals surface area contributed by atoms with Gasteiger partial charge >= 0.3 is 0 Å². The second kappa shape index (κ2) is 4.82. The third-order valence-corrected chi connectivity index (χ3v) is 4.35. The lowest BCUT2D eigenvalue weighted by Gasteiger charge is -2.12. The third kappa shape index (κ3) is 2.13. The molecule has 0 saturated heterocycles. The minimum Gasteiger partial charge on any atom is -0.355 e. The van der Waals surface area contributed by atoms with E-state index in [-0.39, 0.29) is 5.91 Å². The molecule has 0 radical (unpaired) electrons. The van der Waals surface area contributed by atoms with Crippen LogP contribution in [0.3, 0.4) is 0 Å². The number of amides is 1. The van der Waals surface area contributed by atoms with Crippen LogP contribution in [0, 0.1) is 0 Å². The van der Waals surface area contributed by atoms with Crippen LogP contribution in [0.4, 0.5) is 0 Å². The quantitative estimate of drug-likeness (QED) is 0.729. The van der Waals surface area contributed by atoms with E-state index in [2.05, 4.69) is 10.1 Å². The topological polar surface area (TPSA) is 59.2 Å². The number of rotatable bonds is 2. The van der Waals surface area contributed by atoms with Gasteiger partial charge in [0, 0.05) is 18.8 Å². The fraction of sp³-hybridized carbons (Fsp3) is 0.133. The Bertz CT molecular complexity index is 770. The zero-order valence-electron chi connectivity index (χ0n) is 11.0. The van der Waals surface area contributed by atoms with Crippen LogP contribution >= 0.6 is 11.3 Å². The number of aromatic nitrogens is 2. The monoisotopic (exact) mass is 297 g/mol. The van der Waals surface area contributed by atoms with Gasteiger partial charge in [-0.3, -0.25) is 9.78 Å². The number of pyridine rings is 1. The molecule has 0 saturated carbocycles. The summed E-state index contributed by atoms with van der Waals surface area (Å²) in [6.07, 6.45) is 1.75. The van der Waals surface area contributed by atoms with Crippen LogP contribution in [-0.4, -0.2) is 20.9 Å². The fourth-order valence-electron chi connectivity index (χ4n) is 2.42. The summed E-state index contributed by atoms with van der Waals surface area (Å²) >= 11 is 1.55. The molecular formula is C15H11N3O2S. The minimum absolute atomic E-state index is 0.125. The molecule has 4 rings (SSSR count). The van der Waals surface area contributed by atoms with Gasteiger partial charge in [0.1, 0.15) is 0 Å². The molecule has 0 bridgehead atoms. The summed E-state index contributed by atoms with van der Waals surface area (Å²) in [5, 5.41) is 5.86. The number of nitrogens with zero attached hydrogens (tertiary/aromatic N) is 3. The molecule has 0 aliphatic carbocycles. The molecule has 0 N–H and O–H groups in total. The van der Waals surface area contributed by atoms with Gasteiger partial charge in [-0.15, -0.1) is 11.3 Å². The molecule has 0 spiro atoms. The number of thiophene rings is 1. The van der Waals surface area contributed by atoms with Crippen molar-refractivity contribution < 1.29 is 9.32 Å². The Labute approximate surface area is 124 Å². The van der Waals surface area contributed by atoms with Gasteiger partial charge in [0.15, 0.2) is 11.5 Å². The highest BCUT2D eigenvalue weighted by molar-refractivity contribution is 7.13. The minimum atomic E-state index is -0.125. The van der Waals surface area contributed by atoms with Gasteiger partial charge in [0.25, 0.3) is 5.91 Å². The largest absolute Gasteiger partial charge is 0.355 e. The van der Waals surface area contributed by atoms with Crippen molar-refractivity contribution in [3.05, 3.63) is 58.9 Å². The van der Waals surface area contributed by atoms with Crippen LogP contribution in [0.15, 0.2) is 46.4 Å². The zero-order chi connectivity index (χ0) is 14.2. The Morgan fingerprint density at radius 3 is 3.05 bits per heavy atom. The second-order valence-electron chi connectivity index (χ2n) is 4.82. The molecule has 104 valence electrons. The summed E-state index contributed by atoms with van der Waals surface area (Å²) in [5.74, 6) is 0.503. The molecule has 0 aromatic carbocycles. The van der Waals surface area contributed by atoms with E-state index in [1.807, 2.05) is 29.6 Å². The van der Waals surface area contributed by atoms with Crippen molar-refractivity contribution in [2.45, 2.75) is 13.1 Å². The van der Waals surface area contributed by atoms with E-state index in [1.54, 1.807) is 28.5 Å². The first kappa shape index (κ1) is 12.3. The van der Waals surface area contributed by atoms with E-state index >= 15 is 0 Å². The molecule has 1 amide bonds. The van der Waals surface area contributed by atoms with Crippen molar-refractivity contribution >= 4 is 17.2 Å². The van der Waals surface area contributed by atoms with Gasteiger partial charge in [-0.2, -0.15) is 0 Å². The SMILES string of the molecule is O=C(c1cc(-c2cccs2)on1)N1Cc2cccnc2C1. The molecule has 0 unspecified atom stereocenters. The molecule has 0 fully saturated rings. The number of fused-ring (bicyclic) bond motifs is 1. The zero-order valence-corrected chi connectivity index (χ0v) is 11.8. The number of carbonyl (C=O) groups excluding carboxylic acids is 1. The van der Waals surface area contributed by atoms with Crippen LogP contribution < -0.4 is 0 Å². The number of carbonyl (C=O) groups is 1. The number of hydrogen-bond acceptors (Lipinski definition) is 5.